The van der Waals surface area contributed by atoms with Gasteiger partial charge < -0.3 is 45.5 Å². The Labute approximate surface area is 375 Å². The molecule has 5 fully saturated rings. The molecule has 2 amide bonds. The number of likely N-dealkylation sites (tertiary alicyclic amines) is 1. The van der Waals surface area contributed by atoms with E-state index in [1.54, 1.807) is 37.9 Å². The number of nitrogens with zero attached hydrogens (tertiary/aromatic N) is 3. The standard InChI is InChI=1S/C48H63ClN8O6/c1-46(2)43(47(3,4)44(46)63-31-13-14-38(50)37(49)19-31)54-41(58)27-20-52-45(53-21-27)57-24-33(25-57)61-32-22-56(23-32)29-9-11-30(12-10-29)62-39-15-8-28(48(5,6)60)18-35(39)36-26-55(7)42(59)40-34(36)16-17-51-40/h8-15,18-19,26-27,32-34,40,43-45,51-53,60H,16-17,20-25,50H2,1-7H3,(H,54,58). The van der Waals surface area contributed by atoms with Crippen LogP contribution in [0.3, 0.4) is 0 Å². The van der Waals surface area contributed by atoms with Crippen LogP contribution in [0.2, 0.25) is 5.02 Å². The number of rotatable bonds is 12. The molecule has 2 unspecified atom stereocenters. The quantitative estimate of drug-likeness (QED) is 0.139. The summed E-state index contributed by atoms with van der Waals surface area (Å²) in [4.78, 5) is 32.7. The molecule has 6 aliphatic rings. The van der Waals surface area contributed by atoms with Crippen LogP contribution in [0.5, 0.6) is 17.2 Å². The molecule has 3 aromatic rings. The highest BCUT2D eigenvalue weighted by molar-refractivity contribution is 6.33. The predicted molar refractivity (Wildman–Crippen MR) is 244 cm³/mol. The van der Waals surface area contributed by atoms with Gasteiger partial charge in [-0.15, -0.1) is 0 Å². The number of nitrogens with two attached hydrogens (primary N) is 1. The van der Waals surface area contributed by atoms with E-state index in [0.29, 0.717) is 41.0 Å². The van der Waals surface area contributed by atoms with Gasteiger partial charge in [-0.3, -0.25) is 25.1 Å². The number of nitrogen functional groups attached to an aromatic ring is 1. The molecule has 0 aromatic heterocycles. The molecule has 1 saturated carbocycles. The number of hydrogen-bond donors (Lipinski definition) is 6. The number of likely N-dealkylation sites (N-methyl/N-ethyl adjacent to an activating group) is 1. The Morgan fingerprint density at radius 3 is 2.25 bits per heavy atom. The topological polar surface area (TPSA) is 166 Å². The maximum Gasteiger partial charge on any atom is 0.244 e. The predicted octanol–water partition coefficient (Wildman–Crippen LogP) is 4.71. The van der Waals surface area contributed by atoms with E-state index in [-0.39, 0.29) is 71.2 Å². The number of hydrogen-bond acceptors (Lipinski definition) is 12. The number of carbonyl (C=O) groups is 2. The molecule has 338 valence electrons. The summed E-state index contributed by atoms with van der Waals surface area (Å²) in [6.07, 6.45) is 3.01. The number of aliphatic hydroxyl groups is 1. The first-order valence-electron chi connectivity index (χ1n) is 22.4. The number of amides is 2. The van der Waals surface area contributed by atoms with Crippen LogP contribution in [0.25, 0.3) is 5.57 Å². The zero-order chi connectivity index (χ0) is 44.6. The molecule has 15 heteroatoms. The minimum atomic E-state index is -1.03. The van der Waals surface area contributed by atoms with Crippen molar-refractivity contribution in [3.63, 3.8) is 0 Å². The van der Waals surface area contributed by atoms with Crippen LogP contribution in [0.15, 0.2) is 66.9 Å². The molecule has 2 atom stereocenters. The minimum absolute atomic E-state index is 0.00530. The fourth-order valence-corrected chi connectivity index (χ4v) is 11.0. The highest BCUT2D eigenvalue weighted by Crippen LogP contribution is 2.56. The highest BCUT2D eigenvalue weighted by Gasteiger charge is 2.64. The first kappa shape index (κ1) is 43.8. The first-order valence-corrected chi connectivity index (χ1v) is 22.7. The third-order valence-electron chi connectivity index (χ3n) is 14.3. The molecule has 1 aliphatic carbocycles. The fraction of sp³-hybridized carbons (Fsp3) is 0.542. The van der Waals surface area contributed by atoms with Crippen molar-refractivity contribution < 1.29 is 28.9 Å². The Hall–Kier alpha value is -4.41. The maximum absolute atomic E-state index is 13.5. The van der Waals surface area contributed by atoms with Gasteiger partial charge in [0.05, 0.1) is 40.5 Å². The van der Waals surface area contributed by atoms with E-state index in [2.05, 4.69) is 70.9 Å². The van der Waals surface area contributed by atoms with Gasteiger partial charge in [-0.2, -0.15) is 0 Å². The summed E-state index contributed by atoms with van der Waals surface area (Å²) in [5.74, 6) is 2.03. The molecule has 0 spiro atoms. The van der Waals surface area contributed by atoms with Crippen LogP contribution < -0.4 is 41.4 Å². The number of anilines is 2. The van der Waals surface area contributed by atoms with Crippen LogP contribution in [0.1, 0.15) is 59.1 Å². The Balaban J connectivity index is 0.717. The number of nitrogens with one attached hydrogen (secondary N) is 4. The van der Waals surface area contributed by atoms with Crippen molar-refractivity contribution in [1.29, 1.82) is 0 Å². The van der Waals surface area contributed by atoms with Crippen molar-refractivity contribution in [2.45, 2.75) is 90.2 Å². The molecule has 63 heavy (non-hydrogen) atoms. The lowest BCUT2D eigenvalue weighted by molar-refractivity contribution is -0.175. The van der Waals surface area contributed by atoms with E-state index >= 15 is 0 Å². The van der Waals surface area contributed by atoms with E-state index in [0.717, 1.165) is 61.5 Å². The van der Waals surface area contributed by atoms with E-state index in [4.69, 9.17) is 31.5 Å². The summed E-state index contributed by atoms with van der Waals surface area (Å²) >= 11 is 6.25. The normalized spacial score (nSPS) is 28.3. The third kappa shape index (κ3) is 8.40. The molecule has 3 aromatic carbocycles. The average Bonchev–Trinajstić information content (AvgIpc) is 3.71. The summed E-state index contributed by atoms with van der Waals surface area (Å²) < 4.78 is 19.4. The molecule has 0 bridgehead atoms. The van der Waals surface area contributed by atoms with Crippen molar-refractivity contribution in [1.82, 2.24) is 31.1 Å². The zero-order valence-electron chi connectivity index (χ0n) is 37.4. The number of benzene rings is 3. The molecular formula is C48H63ClN8O6. The van der Waals surface area contributed by atoms with Crippen molar-refractivity contribution in [2.75, 3.05) is 63.5 Å². The van der Waals surface area contributed by atoms with Crippen molar-refractivity contribution in [3.05, 3.63) is 83.0 Å². The molecule has 0 radical (unpaired) electrons. The van der Waals surface area contributed by atoms with Gasteiger partial charge >= 0.3 is 0 Å². The molecular weight excluding hydrogens is 820 g/mol. The monoisotopic (exact) mass is 882 g/mol. The van der Waals surface area contributed by atoms with Gasteiger partial charge in [-0.1, -0.05) is 45.4 Å². The van der Waals surface area contributed by atoms with Gasteiger partial charge in [0, 0.05) is 92.6 Å². The summed E-state index contributed by atoms with van der Waals surface area (Å²) in [6, 6.07) is 19.0. The summed E-state index contributed by atoms with van der Waals surface area (Å²) in [6.45, 7) is 17.4. The Kier molecular flexibility index (Phi) is 11.5. The SMILES string of the molecule is CN1C=C(c2cc(C(C)(C)O)ccc2Oc2ccc(N3CC(OC4CN(C5NCC(C(=O)NC6C(C)(C)C(Oc7ccc(N)c(Cl)c7)C6(C)C)CN5)C4)C3)cc2)C2CCNC2C1=O. The third-order valence-corrected chi connectivity index (χ3v) is 14.6. The number of fused-ring (bicyclic) bond motifs is 1. The van der Waals surface area contributed by atoms with Gasteiger partial charge in [0.2, 0.25) is 11.8 Å². The van der Waals surface area contributed by atoms with E-state index < -0.39 is 5.60 Å². The summed E-state index contributed by atoms with van der Waals surface area (Å²) in [5.41, 5.74) is 8.61. The molecule has 5 aliphatic heterocycles. The lowest BCUT2D eigenvalue weighted by Gasteiger charge is -2.63. The molecule has 9 rings (SSSR count). The van der Waals surface area contributed by atoms with Gasteiger partial charge in [0.25, 0.3) is 0 Å². The highest BCUT2D eigenvalue weighted by atomic mass is 35.5. The van der Waals surface area contributed by atoms with Crippen LogP contribution in [0.4, 0.5) is 11.4 Å². The number of ether oxygens (including phenoxy) is 3. The van der Waals surface area contributed by atoms with E-state index in [1.165, 1.54) is 0 Å². The smallest absolute Gasteiger partial charge is 0.244 e. The molecule has 4 saturated heterocycles. The molecule has 5 heterocycles. The Bertz CT molecular complexity index is 2230. The van der Waals surface area contributed by atoms with Crippen LogP contribution in [-0.2, 0) is 19.9 Å². The Morgan fingerprint density at radius 1 is 0.921 bits per heavy atom. The summed E-state index contributed by atoms with van der Waals surface area (Å²) in [5, 5.41) is 25.2. The second-order valence-corrected chi connectivity index (χ2v) is 20.6. The molecule has 7 N–H and O–H groups in total. The largest absolute Gasteiger partial charge is 0.489 e. The first-order chi connectivity index (χ1) is 29.9. The van der Waals surface area contributed by atoms with Crippen molar-refractivity contribution in [2.24, 2.45) is 22.7 Å². The average molecular weight is 884 g/mol. The number of halogens is 1. The lowest BCUT2D eigenvalue weighted by atomic mass is 9.49. The second kappa shape index (κ2) is 16.5. The van der Waals surface area contributed by atoms with Gasteiger partial charge in [-0.05, 0) is 86.5 Å². The van der Waals surface area contributed by atoms with Gasteiger partial charge in [-0.25, -0.2) is 0 Å². The summed E-state index contributed by atoms with van der Waals surface area (Å²) in [7, 11) is 1.79. The fourth-order valence-electron chi connectivity index (χ4n) is 10.9. The van der Waals surface area contributed by atoms with Gasteiger partial charge in [0.1, 0.15) is 29.6 Å². The zero-order valence-corrected chi connectivity index (χ0v) is 38.2. The van der Waals surface area contributed by atoms with E-state index in [1.807, 2.05) is 42.6 Å². The second-order valence-electron chi connectivity index (χ2n) is 20.1. The Morgan fingerprint density at radius 2 is 1.59 bits per heavy atom. The maximum atomic E-state index is 13.5. The van der Waals surface area contributed by atoms with Crippen molar-refractivity contribution >= 4 is 40.4 Å². The number of carbonyl (C=O) groups excluding carboxylic acids is 2. The van der Waals surface area contributed by atoms with Crippen molar-refractivity contribution in [3.8, 4) is 17.2 Å². The van der Waals surface area contributed by atoms with Crippen LogP contribution >= 0.6 is 11.6 Å². The minimum Gasteiger partial charge on any atom is -0.489 e. The lowest BCUT2D eigenvalue weighted by Crippen LogP contribution is -2.76. The van der Waals surface area contributed by atoms with Gasteiger partial charge in [0.15, 0.2) is 0 Å². The van der Waals surface area contributed by atoms with Crippen LogP contribution in [0, 0.1) is 22.7 Å². The molecule has 14 nitrogen and oxygen atoms in total. The van der Waals surface area contributed by atoms with Crippen LogP contribution in [-0.4, -0.2) is 116 Å². The van der Waals surface area contributed by atoms with E-state index in [9.17, 15) is 14.7 Å².